The third-order valence-corrected chi connectivity index (χ3v) is 2.70. The molecule has 0 aliphatic carbocycles. The van der Waals surface area contributed by atoms with Gasteiger partial charge in [-0.3, -0.25) is 0 Å². The van der Waals surface area contributed by atoms with Crippen molar-refractivity contribution in [2.45, 2.75) is 19.8 Å². The van der Waals surface area contributed by atoms with E-state index in [0.717, 1.165) is 16.8 Å². The maximum absolute atomic E-state index is 13.8. The molecule has 0 saturated carbocycles. The minimum absolute atomic E-state index is 0.0995. The van der Waals surface area contributed by atoms with Crippen molar-refractivity contribution in [2.24, 2.45) is 0 Å². The monoisotopic (exact) mass is 285 g/mol. The summed E-state index contributed by atoms with van der Waals surface area (Å²) < 4.78 is 40.8. The van der Waals surface area contributed by atoms with Crippen LogP contribution in [0.4, 0.5) is 13.2 Å². The van der Waals surface area contributed by atoms with Gasteiger partial charge in [0.15, 0.2) is 23.1 Å². The Morgan fingerprint density at radius 1 is 1.25 bits per heavy atom. The van der Waals surface area contributed by atoms with Crippen LogP contribution in [-0.4, -0.2) is 26.1 Å². The molecular formula is C12H10F3N3O2. The molecule has 2 rings (SSSR count). The van der Waals surface area contributed by atoms with E-state index < -0.39 is 29.1 Å². The number of aromatic carboxylic acids is 1. The third kappa shape index (κ3) is 2.13. The molecule has 0 aliphatic heterocycles. The molecule has 0 amide bonds. The average molecular weight is 285 g/mol. The summed E-state index contributed by atoms with van der Waals surface area (Å²) in [6.07, 6.45) is 0. The highest BCUT2D eigenvalue weighted by molar-refractivity contribution is 5.86. The lowest BCUT2D eigenvalue weighted by atomic mass is 10.1. The molecule has 0 fully saturated rings. The lowest BCUT2D eigenvalue weighted by Gasteiger charge is -2.11. The van der Waals surface area contributed by atoms with Gasteiger partial charge in [0.2, 0.25) is 0 Å². The number of benzene rings is 1. The maximum Gasteiger partial charge on any atom is 0.358 e. The number of hydrogen-bond acceptors (Lipinski definition) is 3. The molecule has 1 heterocycles. The van der Waals surface area contributed by atoms with Gasteiger partial charge in [0.1, 0.15) is 5.69 Å². The quantitative estimate of drug-likeness (QED) is 0.880. The van der Waals surface area contributed by atoms with Gasteiger partial charge in [0.05, 0.1) is 5.69 Å². The van der Waals surface area contributed by atoms with Crippen LogP contribution in [0.3, 0.4) is 0 Å². The van der Waals surface area contributed by atoms with Gasteiger partial charge in [-0.1, -0.05) is 19.1 Å². The molecule has 0 aliphatic rings. The molecule has 0 bridgehead atoms. The molecule has 5 nitrogen and oxygen atoms in total. The Morgan fingerprint density at radius 3 is 2.45 bits per heavy atom. The number of carboxylic acid groups (broad SMARTS) is 1. The molecule has 0 radical (unpaired) electrons. The minimum Gasteiger partial charge on any atom is -0.476 e. The average Bonchev–Trinajstić information content (AvgIpc) is 2.81. The molecule has 1 aromatic heterocycles. The van der Waals surface area contributed by atoms with E-state index in [-0.39, 0.29) is 17.3 Å². The van der Waals surface area contributed by atoms with E-state index in [1.54, 1.807) is 13.8 Å². The topological polar surface area (TPSA) is 68.0 Å². The van der Waals surface area contributed by atoms with Crippen molar-refractivity contribution in [3.8, 4) is 5.69 Å². The maximum atomic E-state index is 13.8. The standard InChI is InChI=1S/C12H10F3N3O2/c1-5(2)11-10(12(19)20)16-17-18(11)7-4-3-6(13)8(14)9(7)15/h3-5H,1-2H3,(H,19,20). The fourth-order valence-electron chi connectivity index (χ4n) is 1.82. The predicted molar refractivity (Wildman–Crippen MR) is 62.3 cm³/mol. The molecule has 2 aromatic rings. The summed E-state index contributed by atoms with van der Waals surface area (Å²) in [5.41, 5.74) is -0.654. The number of nitrogens with zero attached hydrogens (tertiary/aromatic N) is 3. The second kappa shape index (κ2) is 4.95. The van der Waals surface area contributed by atoms with Gasteiger partial charge in [-0.2, -0.15) is 0 Å². The Balaban J connectivity index is 2.71. The van der Waals surface area contributed by atoms with Gasteiger partial charge in [0.25, 0.3) is 0 Å². The zero-order valence-electron chi connectivity index (χ0n) is 10.6. The SMILES string of the molecule is CC(C)c1c(C(=O)O)nnn1-c1ccc(F)c(F)c1F. The molecule has 1 aromatic carbocycles. The Labute approximate surface area is 111 Å². The van der Waals surface area contributed by atoms with E-state index in [9.17, 15) is 18.0 Å². The Hall–Kier alpha value is -2.38. The highest BCUT2D eigenvalue weighted by Gasteiger charge is 2.25. The van der Waals surface area contributed by atoms with Crippen LogP contribution < -0.4 is 0 Å². The Kier molecular flexibility index (Phi) is 3.47. The zero-order valence-corrected chi connectivity index (χ0v) is 10.6. The lowest BCUT2D eigenvalue weighted by Crippen LogP contribution is -2.11. The van der Waals surface area contributed by atoms with Crippen LogP contribution in [0.25, 0.3) is 5.69 Å². The molecule has 0 unspecified atom stereocenters. The number of aromatic nitrogens is 3. The van der Waals surface area contributed by atoms with Gasteiger partial charge >= 0.3 is 5.97 Å². The highest BCUT2D eigenvalue weighted by Crippen LogP contribution is 2.24. The van der Waals surface area contributed by atoms with Crippen molar-refractivity contribution in [3.63, 3.8) is 0 Å². The van der Waals surface area contributed by atoms with Crippen molar-refractivity contribution in [1.29, 1.82) is 0 Å². The Morgan fingerprint density at radius 2 is 1.90 bits per heavy atom. The minimum atomic E-state index is -1.65. The van der Waals surface area contributed by atoms with E-state index in [1.807, 2.05) is 0 Å². The second-order valence-corrected chi connectivity index (χ2v) is 4.39. The van der Waals surface area contributed by atoms with E-state index >= 15 is 0 Å². The first-order valence-electron chi connectivity index (χ1n) is 5.67. The van der Waals surface area contributed by atoms with Crippen molar-refractivity contribution in [1.82, 2.24) is 15.0 Å². The summed E-state index contributed by atoms with van der Waals surface area (Å²) >= 11 is 0. The smallest absolute Gasteiger partial charge is 0.358 e. The lowest BCUT2D eigenvalue weighted by molar-refractivity contribution is 0.0688. The summed E-state index contributed by atoms with van der Waals surface area (Å²) in [5, 5.41) is 16.0. The van der Waals surface area contributed by atoms with Crippen LogP contribution in [0.5, 0.6) is 0 Å². The van der Waals surface area contributed by atoms with Crippen LogP contribution >= 0.6 is 0 Å². The van der Waals surface area contributed by atoms with E-state index in [0.29, 0.717) is 0 Å². The molecule has 0 saturated heterocycles. The number of carboxylic acids is 1. The summed E-state index contributed by atoms with van der Waals surface area (Å²) in [4.78, 5) is 11.0. The number of carbonyl (C=O) groups is 1. The molecule has 8 heteroatoms. The van der Waals surface area contributed by atoms with Gasteiger partial charge in [0, 0.05) is 0 Å². The summed E-state index contributed by atoms with van der Waals surface area (Å²) in [7, 11) is 0. The van der Waals surface area contributed by atoms with Gasteiger partial charge in [-0.15, -0.1) is 5.10 Å². The molecule has 20 heavy (non-hydrogen) atoms. The first-order valence-corrected chi connectivity index (χ1v) is 5.67. The fourth-order valence-corrected chi connectivity index (χ4v) is 1.82. The van der Waals surface area contributed by atoms with Crippen molar-refractivity contribution in [3.05, 3.63) is 41.0 Å². The zero-order chi connectivity index (χ0) is 15.0. The van der Waals surface area contributed by atoms with Crippen LogP contribution in [0.15, 0.2) is 12.1 Å². The molecular weight excluding hydrogens is 275 g/mol. The van der Waals surface area contributed by atoms with Crippen molar-refractivity contribution < 1.29 is 23.1 Å². The van der Waals surface area contributed by atoms with Crippen LogP contribution in [0, 0.1) is 17.5 Å². The number of rotatable bonds is 3. The van der Waals surface area contributed by atoms with Crippen LogP contribution in [0.2, 0.25) is 0 Å². The Bertz CT molecular complexity index is 683. The van der Waals surface area contributed by atoms with E-state index in [4.69, 9.17) is 5.11 Å². The van der Waals surface area contributed by atoms with Crippen molar-refractivity contribution >= 4 is 5.97 Å². The third-order valence-electron chi connectivity index (χ3n) is 2.70. The number of hydrogen-bond donors (Lipinski definition) is 1. The summed E-state index contributed by atoms with van der Waals surface area (Å²) in [6, 6.07) is 1.71. The summed E-state index contributed by atoms with van der Waals surface area (Å²) in [6.45, 7) is 3.30. The molecule has 0 spiro atoms. The largest absolute Gasteiger partial charge is 0.476 e. The van der Waals surface area contributed by atoms with Gasteiger partial charge < -0.3 is 5.11 Å². The fraction of sp³-hybridized carbons (Fsp3) is 0.250. The van der Waals surface area contributed by atoms with E-state index in [1.165, 1.54) is 0 Å². The normalized spacial score (nSPS) is 11.1. The molecule has 106 valence electrons. The molecule has 0 atom stereocenters. The van der Waals surface area contributed by atoms with Gasteiger partial charge in [-0.25, -0.2) is 22.6 Å². The van der Waals surface area contributed by atoms with Crippen LogP contribution in [-0.2, 0) is 0 Å². The van der Waals surface area contributed by atoms with Gasteiger partial charge in [-0.05, 0) is 18.1 Å². The second-order valence-electron chi connectivity index (χ2n) is 4.39. The predicted octanol–water partition coefficient (Wildman–Crippen LogP) is 2.51. The number of halogens is 3. The van der Waals surface area contributed by atoms with Crippen LogP contribution in [0.1, 0.15) is 35.9 Å². The molecule has 1 N–H and O–H groups in total. The van der Waals surface area contributed by atoms with Crippen molar-refractivity contribution in [2.75, 3.05) is 0 Å². The summed E-state index contributed by atoms with van der Waals surface area (Å²) in [5.74, 6) is -6.12. The van der Waals surface area contributed by atoms with E-state index in [2.05, 4.69) is 10.3 Å². The first-order chi connectivity index (χ1) is 9.34. The first kappa shape index (κ1) is 14.0. The highest BCUT2D eigenvalue weighted by atomic mass is 19.2.